The molecule has 0 spiro atoms. The second-order valence-corrected chi connectivity index (χ2v) is 7.24. The zero-order valence-corrected chi connectivity index (χ0v) is 13.5. The van der Waals surface area contributed by atoms with E-state index in [0.29, 0.717) is 5.91 Å². The molecule has 0 aromatic heterocycles. The third-order valence-electron chi connectivity index (χ3n) is 4.44. The van der Waals surface area contributed by atoms with Gasteiger partial charge in [0.1, 0.15) is 0 Å². The Morgan fingerprint density at radius 1 is 1.15 bits per heavy atom. The highest BCUT2D eigenvalue weighted by Crippen LogP contribution is 2.21. The summed E-state index contributed by atoms with van der Waals surface area (Å²) in [7, 11) is 0. The van der Waals surface area contributed by atoms with Crippen LogP contribution in [0, 0.1) is 5.41 Å². The number of nitrogens with zero attached hydrogens (tertiary/aromatic N) is 2. The first-order valence-corrected chi connectivity index (χ1v) is 8.16. The smallest absolute Gasteiger partial charge is 0.228 e. The van der Waals surface area contributed by atoms with Gasteiger partial charge in [0.05, 0.1) is 0 Å². The van der Waals surface area contributed by atoms with Gasteiger partial charge in [0.2, 0.25) is 5.91 Å². The normalized spacial score (nSPS) is 21.8. The Morgan fingerprint density at radius 3 is 2.40 bits per heavy atom. The minimum atomic E-state index is -0.241. The van der Waals surface area contributed by atoms with E-state index in [-0.39, 0.29) is 5.41 Å². The SMILES string of the molecule is CC(C)(C)C(=O)N1CCN(CCC2=CCCCC2)CC1. The number of rotatable bonds is 3. The highest BCUT2D eigenvalue weighted by molar-refractivity contribution is 5.81. The predicted molar refractivity (Wildman–Crippen MR) is 83.6 cm³/mol. The van der Waals surface area contributed by atoms with Crippen molar-refractivity contribution in [1.82, 2.24) is 9.80 Å². The Morgan fingerprint density at radius 2 is 1.85 bits per heavy atom. The molecule has 0 saturated carbocycles. The maximum Gasteiger partial charge on any atom is 0.228 e. The summed E-state index contributed by atoms with van der Waals surface area (Å²) in [6.45, 7) is 11.1. The van der Waals surface area contributed by atoms with E-state index in [2.05, 4.69) is 11.0 Å². The first-order chi connectivity index (χ1) is 9.47. The van der Waals surface area contributed by atoms with Crippen molar-refractivity contribution < 1.29 is 4.79 Å². The van der Waals surface area contributed by atoms with Gasteiger partial charge < -0.3 is 4.90 Å². The molecule has 1 saturated heterocycles. The van der Waals surface area contributed by atoms with Gasteiger partial charge in [-0.25, -0.2) is 0 Å². The molecule has 0 N–H and O–H groups in total. The zero-order valence-electron chi connectivity index (χ0n) is 13.5. The van der Waals surface area contributed by atoms with E-state index in [1.807, 2.05) is 25.7 Å². The molecule has 3 heteroatoms. The van der Waals surface area contributed by atoms with Crippen molar-refractivity contribution >= 4 is 5.91 Å². The van der Waals surface area contributed by atoms with Crippen LogP contribution in [-0.4, -0.2) is 48.4 Å². The summed E-state index contributed by atoms with van der Waals surface area (Å²) >= 11 is 0. The van der Waals surface area contributed by atoms with Crippen LogP contribution in [0.15, 0.2) is 11.6 Å². The van der Waals surface area contributed by atoms with Gasteiger partial charge in [0.25, 0.3) is 0 Å². The topological polar surface area (TPSA) is 23.6 Å². The molecule has 0 unspecified atom stereocenters. The highest BCUT2D eigenvalue weighted by Gasteiger charge is 2.29. The molecule has 2 aliphatic rings. The maximum atomic E-state index is 12.2. The minimum Gasteiger partial charge on any atom is -0.340 e. The van der Waals surface area contributed by atoms with Crippen LogP contribution < -0.4 is 0 Å². The van der Waals surface area contributed by atoms with E-state index < -0.39 is 0 Å². The van der Waals surface area contributed by atoms with Crippen LogP contribution in [0.2, 0.25) is 0 Å². The van der Waals surface area contributed by atoms with Crippen LogP contribution in [0.25, 0.3) is 0 Å². The molecular formula is C17H30N2O. The zero-order chi connectivity index (χ0) is 14.6. The van der Waals surface area contributed by atoms with Gasteiger partial charge in [-0.15, -0.1) is 0 Å². The van der Waals surface area contributed by atoms with Crippen LogP contribution in [0.5, 0.6) is 0 Å². The molecule has 1 aliphatic carbocycles. The van der Waals surface area contributed by atoms with Gasteiger partial charge in [-0.1, -0.05) is 32.4 Å². The number of hydrogen-bond acceptors (Lipinski definition) is 2. The van der Waals surface area contributed by atoms with E-state index in [1.165, 1.54) is 38.6 Å². The molecule has 0 bridgehead atoms. The molecule has 2 rings (SSSR count). The van der Waals surface area contributed by atoms with Gasteiger partial charge in [0, 0.05) is 38.1 Å². The summed E-state index contributed by atoms with van der Waals surface area (Å²) in [5.74, 6) is 0.298. The minimum absolute atomic E-state index is 0.241. The lowest BCUT2D eigenvalue weighted by atomic mass is 9.94. The average Bonchev–Trinajstić information content (AvgIpc) is 2.45. The van der Waals surface area contributed by atoms with Gasteiger partial charge in [-0.3, -0.25) is 9.69 Å². The molecule has 1 heterocycles. The molecule has 0 aromatic carbocycles. The standard InChI is InChI=1S/C17H30N2O/c1-17(2,3)16(20)19-13-11-18(12-14-19)10-9-15-7-5-4-6-8-15/h7H,4-6,8-14H2,1-3H3. The summed E-state index contributed by atoms with van der Waals surface area (Å²) in [5.41, 5.74) is 1.42. The fourth-order valence-electron chi connectivity index (χ4n) is 3.08. The largest absolute Gasteiger partial charge is 0.340 e. The van der Waals surface area contributed by atoms with Gasteiger partial charge in [0.15, 0.2) is 0 Å². The Hall–Kier alpha value is -0.830. The molecule has 1 fully saturated rings. The van der Waals surface area contributed by atoms with Gasteiger partial charge in [-0.2, -0.15) is 0 Å². The number of carbonyl (C=O) groups excluding carboxylic acids is 1. The summed E-state index contributed by atoms with van der Waals surface area (Å²) in [6.07, 6.45) is 9.01. The van der Waals surface area contributed by atoms with Crippen LogP contribution in [0.1, 0.15) is 52.9 Å². The first kappa shape index (κ1) is 15.6. The van der Waals surface area contributed by atoms with Gasteiger partial charge in [-0.05, 0) is 32.1 Å². The molecule has 0 atom stereocenters. The van der Waals surface area contributed by atoms with Crippen molar-refractivity contribution in [3.05, 3.63) is 11.6 Å². The van der Waals surface area contributed by atoms with Crippen LogP contribution in [0.4, 0.5) is 0 Å². The predicted octanol–water partition coefficient (Wildman–Crippen LogP) is 3.07. The maximum absolute atomic E-state index is 12.2. The first-order valence-electron chi connectivity index (χ1n) is 8.16. The second-order valence-electron chi connectivity index (χ2n) is 7.24. The van der Waals surface area contributed by atoms with Crippen LogP contribution in [0.3, 0.4) is 0 Å². The highest BCUT2D eigenvalue weighted by atomic mass is 16.2. The Kier molecular flexibility index (Phi) is 5.25. The van der Waals surface area contributed by atoms with Crippen molar-refractivity contribution in [3.8, 4) is 0 Å². The fourth-order valence-corrected chi connectivity index (χ4v) is 3.08. The lowest BCUT2D eigenvalue weighted by Gasteiger charge is -2.37. The van der Waals surface area contributed by atoms with Crippen molar-refractivity contribution in [1.29, 1.82) is 0 Å². The number of amides is 1. The fraction of sp³-hybridized carbons (Fsp3) is 0.824. The molecule has 1 amide bonds. The molecular weight excluding hydrogens is 248 g/mol. The van der Waals surface area contributed by atoms with E-state index in [9.17, 15) is 4.79 Å². The molecule has 0 aromatic rings. The van der Waals surface area contributed by atoms with E-state index in [4.69, 9.17) is 0 Å². The third-order valence-corrected chi connectivity index (χ3v) is 4.44. The Balaban J connectivity index is 1.71. The lowest BCUT2D eigenvalue weighted by molar-refractivity contribution is -0.141. The van der Waals surface area contributed by atoms with Crippen molar-refractivity contribution in [2.75, 3.05) is 32.7 Å². The quantitative estimate of drug-likeness (QED) is 0.741. The number of carbonyl (C=O) groups is 1. The van der Waals surface area contributed by atoms with Crippen LogP contribution in [-0.2, 0) is 4.79 Å². The van der Waals surface area contributed by atoms with Crippen molar-refractivity contribution in [3.63, 3.8) is 0 Å². The van der Waals surface area contributed by atoms with Gasteiger partial charge >= 0.3 is 0 Å². The average molecular weight is 278 g/mol. The molecule has 114 valence electrons. The monoisotopic (exact) mass is 278 g/mol. The molecule has 20 heavy (non-hydrogen) atoms. The van der Waals surface area contributed by atoms with Crippen molar-refractivity contribution in [2.24, 2.45) is 5.41 Å². The van der Waals surface area contributed by atoms with E-state index >= 15 is 0 Å². The summed E-state index contributed by atoms with van der Waals surface area (Å²) in [6, 6.07) is 0. The summed E-state index contributed by atoms with van der Waals surface area (Å²) in [4.78, 5) is 16.8. The molecule has 0 radical (unpaired) electrons. The number of allylic oxidation sites excluding steroid dienone is 1. The van der Waals surface area contributed by atoms with E-state index in [0.717, 1.165) is 26.2 Å². The van der Waals surface area contributed by atoms with Crippen LogP contribution >= 0.6 is 0 Å². The number of piperazine rings is 1. The number of hydrogen-bond donors (Lipinski definition) is 0. The Labute approximate surface area is 124 Å². The summed E-state index contributed by atoms with van der Waals surface area (Å²) in [5, 5.41) is 0. The lowest BCUT2D eigenvalue weighted by Crippen LogP contribution is -2.51. The molecule has 1 aliphatic heterocycles. The third kappa shape index (κ3) is 4.34. The molecule has 3 nitrogen and oxygen atoms in total. The van der Waals surface area contributed by atoms with E-state index in [1.54, 1.807) is 5.57 Å². The summed E-state index contributed by atoms with van der Waals surface area (Å²) < 4.78 is 0. The Bertz CT molecular complexity index is 360. The van der Waals surface area contributed by atoms with Crippen molar-refractivity contribution in [2.45, 2.75) is 52.9 Å². The second kappa shape index (κ2) is 6.75.